The molecule has 1 aromatic carbocycles. The summed E-state index contributed by atoms with van der Waals surface area (Å²) in [6, 6.07) is 3.22. The number of aliphatic imine (C=N–C) groups is 1. The fourth-order valence-corrected chi connectivity index (χ4v) is 1.99. The molecule has 1 heterocycles. The monoisotopic (exact) mass is 364 g/mol. The first-order chi connectivity index (χ1) is 12.2. The number of nitrogens with one attached hydrogen (secondary N) is 1. The average molecular weight is 364 g/mol. The highest BCUT2D eigenvalue weighted by atomic mass is 19.3. The average Bonchev–Trinajstić information content (AvgIpc) is 2.58. The van der Waals surface area contributed by atoms with E-state index in [1.54, 1.807) is 6.20 Å². The van der Waals surface area contributed by atoms with E-state index in [1.807, 2.05) is 13.8 Å². The van der Waals surface area contributed by atoms with Gasteiger partial charge in [0.2, 0.25) is 5.95 Å². The molecule has 3 N–H and O–H groups in total. The number of nitrogens with zero attached hydrogens (tertiary/aromatic N) is 4. The maximum Gasteiger partial charge on any atom is 0.273 e. The van der Waals surface area contributed by atoms with Gasteiger partial charge in [0.25, 0.3) is 5.92 Å². The van der Waals surface area contributed by atoms with Gasteiger partial charge >= 0.3 is 0 Å². The number of rotatable bonds is 6. The lowest BCUT2D eigenvalue weighted by atomic mass is 10.1. The third-order valence-electron chi connectivity index (χ3n) is 3.60. The van der Waals surface area contributed by atoms with Crippen LogP contribution in [0.3, 0.4) is 0 Å². The Bertz CT molecular complexity index is 843. The highest BCUT2D eigenvalue weighted by molar-refractivity contribution is 6.32. The van der Waals surface area contributed by atoms with Gasteiger partial charge in [-0.25, -0.2) is 23.1 Å². The number of nitrogens with two attached hydrogens (primary N) is 1. The standard InChI is InChI=1S/C17H19F3N6/c1-10-7-23-16(25-11(10)2)24-9-13(26-21)8-22-12-4-5-15(18)14(6-12)17(3,19)20/h4-8H,9,21H2,1-3H3,(H,23,24,25). The summed E-state index contributed by atoms with van der Waals surface area (Å²) in [5.74, 6) is 1.42. The minimum atomic E-state index is -3.30. The molecule has 0 saturated heterocycles. The van der Waals surface area contributed by atoms with Crippen LogP contribution in [0.2, 0.25) is 0 Å². The largest absolute Gasteiger partial charge is 0.348 e. The van der Waals surface area contributed by atoms with Gasteiger partial charge in [-0.3, -0.25) is 4.99 Å². The number of hydrazone groups is 1. The van der Waals surface area contributed by atoms with Gasteiger partial charge in [-0.1, -0.05) is 0 Å². The van der Waals surface area contributed by atoms with Gasteiger partial charge in [-0.05, 0) is 37.6 Å². The van der Waals surface area contributed by atoms with Crippen molar-refractivity contribution < 1.29 is 13.2 Å². The van der Waals surface area contributed by atoms with E-state index in [4.69, 9.17) is 5.84 Å². The van der Waals surface area contributed by atoms with E-state index in [1.165, 1.54) is 12.3 Å². The number of halogens is 3. The second kappa shape index (κ2) is 7.94. The van der Waals surface area contributed by atoms with Gasteiger partial charge in [0.15, 0.2) is 0 Å². The minimum Gasteiger partial charge on any atom is -0.348 e. The van der Waals surface area contributed by atoms with Crippen LogP contribution in [0.5, 0.6) is 0 Å². The first kappa shape index (κ1) is 19.4. The lowest BCUT2D eigenvalue weighted by Crippen LogP contribution is -2.18. The number of hydrogen-bond donors (Lipinski definition) is 2. The van der Waals surface area contributed by atoms with Crippen molar-refractivity contribution >= 4 is 23.6 Å². The van der Waals surface area contributed by atoms with Gasteiger partial charge in [-0.2, -0.15) is 5.10 Å². The fourth-order valence-electron chi connectivity index (χ4n) is 1.99. The van der Waals surface area contributed by atoms with Gasteiger partial charge in [0.1, 0.15) is 5.82 Å². The molecule has 0 saturated carbocycles. The SMILES string of the molecule is Cc1cnc(NCC(C=Nc2ccc(F)c(C(C)(F)F)c2)=NN)nc1C. The highest BCUT2D eigenvalue weighted by Gasteiger charge is 2.28. The molecule has 2 aromatic rings. The molecular weight excluding hydrogens is 345 g/mol. The Kier molecular flexibility index (Phi) is 5.91. The Morgan fingerprint density at radius 2 is 2.08 bits per heavy atom. The Balaban J connectivity index is 2.09. The predicted octanol–water partition coefficient (Wildman–Crippen LogP) is 3.47. The summed E-state index contributed by atoms with van der Waals surface area (Å²) in [5, 5.41) is 6.51. The van der Waals surface area contributed by atoms with Crippen molar-refractivity contribution in [2.24, 2.45) is 15.9 Å². The lowest BCUT2D eigenvalue weighted by molar-refractivity contribution is 0.0138. The summed E-state index contributed by atoms with van der Waals surface area (Å²) in [4.78, 5) is 12.4. The maximum atomic E-state index is 13.5. The number of anilines is 1. The molecule has 138 valence electrons. The number of aryl methyl sites for hydroxylation is 2. The molecule has 0 spiro atoms. The quantitative estimate of drug-likeness (QED) is 0.467. The van der Waals surface area contributed by atoms with Crippen LogP contribution >= 0.6 is 0 Å². The van der Waals surface area contributed by atoms with Crippen LogP contribution < -0.4 is 11.2 Å². The van der Waals surface area contributed by atoms with Crippen molar-refractivity contribution in [3.05, 3.63) is 47.0 Å². The van der Waals surface area contributed by atoms with Crippen LogP contribution in [0.25, 0.3) is 0 Å². The van der Waals surface area contributed by atoms with Crippen LogP contribution in [-0.4, -0.2) is 28.4 Å². The molecule has 26 heavy (non-hydrogen) atoms. The maximum absolute atomic E-state index is 13.5. The van der Waals surface area contributed by atoms with Crippen LogP contribution in [0.4, 0.5) is 24.8 Å². The van der Waals surface area contributed by atoms with Crippen LogP contribution in [0, 0.1) is 19.7 Å². The predicted molar refractivity (Wildman–Crippen MR) is 95.7 cm³/mol. The molecule has 9 heteroatoms. The number of hydrogen-bond acceptors (Lipinski definition) is 6. The molecule has 0 bridgehead atoms. The molecule has 6 nitrogen and oxygen atoms in total. The summed E-state index contributed by atoms with van der Waals surface area (Å²) in [7, 11) is 0. The van der Waals surface area contributed by atoms with Gasteiger partial charge < -0.3 is 11.2 Å². The summed E-state index contributed by atoms with van der Waals surface area (Å²) >= 11 is 0. The zero-order valence-corrected chi connectivity index (χ0v) is 14.6. The van der Waals surface area contributed by atoms with Crippen molar-refractivity contribution in [3.63, 3.8) is 0 Å². The zero-order chi connectivity index (χ0) is 19.3. The fraction of sp³-hybridized carbons (Fsp3) is 0.294. The van der Waals surface area contributed by atoms with Crippen LogP contribution in [-0.2, 0) is 5.92 Å². The molecule has 0 unspecified atom stereocenters. The van der Waals surface area contributed by atoms with E-state index < -0.39 is 17.3 Å². The lowest BCUT2D eigenvalue weighted by Gasteiger charge is -2.11. The number of benzene rings is 1. The Hall–Kier alpha value is -2.97. The molecule has 0 amide bonds. The summed E-state index contributed by atoms with van der Waals surface area (Å²) in [6.45, 7) is 4.56. The van der Waals surface area contributed by atoms with E-state index in [2.05, 4.69) is 25.4 Å². The molecule has 0 aliphatic carbocycles. The molecule has 0 fully saturated rings. The van der Waals surface area contributed by atoms with Gasteiger partial charge in [-0.15, -0.1) is 0 Å². The molecular formula is C17H19F3N6. The Morgan fingerprint density at radius 3 is 2.69 bits per heavy atom. The first-order valence-corrected chi connectivity index (χ1v) is 7.73. The van der Waals surface area contributed by atoms with Crippen molar-refractivity contribution in [2.45, 2.75) is 26.7 Å². The van der Waals surface area contributed by atoms with E-state index in [9.17, 15) is 13.2 Å². The number of aromatic nitrogens is 2. The van der Waals surface area contributed by atoms with Crippen LogP contribution in [0.15, 0.2) is 34.5 Å². The molecule has 0 radical (unpaired) electrons. The minimum absolute atomic E-state index is 0.159. The Labute approximate surface area is 149 Å². The third kappa shape index (κ3) is 5.01. The van der Waals surface area contributed by atoms with E-state index in [-0.39, 0.29) is 12.2 Å². The molecule has 2 rings (SSSR count). The normalized spacial score (nSPS) is 12.6. The summed E-state index contributed by atoms with van der Waals surface area (Å²) in [5.41, 5.74) is 1.57. The van der Waals surface area contributed by atoms with Crippen molar-refractivity contribution in [2.75, 3.05) is 11.9 Å². The zero-order valence-electron chi connectivity index (χ0n) is 14.6. The second-order valence-corrected chi connectivity index (χ2v) is 5.75. The van der Waals surface area contributed by atoms with Crippen molar-refractivity contribution in [3.8, 4) is 0 Å². The van der Waals surface area contributed by atoms with Crippen LogP contribution in [0.1, 0.15) is 23.7 Å². The first-order valence-electron chi connectivity index (χ1n) is 7.73. The van der Waals surface area contributed by atoms with E-state index in [0.717, 1.165) is 23.4 Å². The highest BCUT2D eigenvalue weighted by Crippen LogP contribution is 2.31. The molecule has 1 aromatic heterocycles. The Morgan fingerprint density at radius 1 is 1.35 bits per heavy atom. The number of alkyl halides is 2. The molecule has 0 atom stereocenters. The van der Waals surface area contributed by atoms with E-state index in [0.29, 0.717) is 18.6 Å². The third-order valence-corrected chi connectivity index (χ3v) is 3.60. The summed E-state index contributed by atoms with van der Waals surface area (Å²) < 4.78 is 40.2. The second-order valence-electron chi connectivity index (χ2n) is 5.75. The smallest absolute Gasteiger partial charge is 0.273 e. The van der Waals surface area contributed by atoms with E-state index >= 15 is 0 Å². The van der Waals surface area contributed by atoms with Gasteiger partial charge in [0, 0.05) is 18.8 Å². The topological polar surface area (TPSA) is 88.5 Å². The van der Waals surface area contributed by atoms with Gasteiger partial charge in [0.05, 0.1) is 29.7 Å². The summed E-state index contributed by atoms with van der Waals surface area (Å²) in [6.07, 6.45) is 2.99. The van der Waals surface area contributed by atoms with Crippen molar-refractivity contribution in [1.82, 2.24) is 9.97 Å². The van der Waals surface area contributed by atoms with Crippen molar-refractivity contribution in [1.29, 1.82) is 0 Å². The molecule has 0 aliphatic rings. The molecule has 0 aliphatic heterocycles.